The summed E-state index contributed by atoms with van der Waals surface area (Å²) < 4.78 is 1.54. The molecule has 5 aromatic rings. The van der Waals surface area contributed by atoms with Gasteiger partial charge < -0.3 is 4.98 Å². The van der Waals surface area contributed by atoms with Gasteiger partial charge in [-0.1, -0.05) is 42.1 Å². The van der Waals surface area contributed by atoms with Gasteiger partial charge in [0.15, 0.2) is 5.16 Å². The van der Waals surface area contributed by atoms with Crippen molar-refractivity contribution in [2.75, 3.05) is 0 Å². The lowest BCUT2D eigenvalue weighted by molar-refractivity contribution is 0.727. The standard InChI is InChI=1S/C20H14N4O2S3/c1-24-19(26)12-7-8-27-17(12)23-20(24)29-10-14-21-16(25)15-13(9-28-18(15)22-14)11-5-3-2-4-6-11/h2-9H,10H2,1H3,(H,21,22,25). The van der Waals surface area contributed by atoms with Crippen LogP contribution in [0.4, 0.5) is 0 Å². The summed E-state index contributed by atoms with van der Waals surface area (Å²) in [5.41, 5.74) is 1.67. The summed E-state index contributed by atoms with van der Waals surface area (Å²) in [7, 11) is 1.71. The summed E-state index contributed by atoms with van der Waals surface area (Å²) in [6, 6.07) is 11.6. The number of benzene rings is 1. The third-order valence-electron chi connectivity index (χ3n) is 4.58. The van der Waals surface area contributed by atoms with Gasteiger partial charge in [-0.05, 0) is 17.0 Å². The molecule has 0 saturated carbocycles. The molecule has 6 nitrogen and oxygen atoms in total. The summed E-state index contributed by atoms with van der Waals surface area (Å²) in [5.74, 6) is 0.982. The topological polar surface area (TPSA) is 80.6 Å². The molecule has 5 rings (SSSR count). The average molecular weight is 439 g/mol. The molecular weight excluding hydrogens is 424 g/mol. The van der Waals surface area contributed by atoms with Gasteiger partial charge in [-0.3, -0.25) is 14.2 Å². The van der Waals surface area contributed by atoms with Gasteiger partial charge in [-0.15, -0.1) is 22.7 Å². The lowest BCUT2D eigenvalue weighted by Crippen LogP contribution is -2.19. The second kappa shape index (κ2) is 7.25. The van der Waals surface area contributed by atoms with Crippen molar-refractivity contribution in [2.45, 2.75) is 10.9 Å². The van der Waals surface area contributed by atoms with Crippen molar-refractivity contribution in [3.63, 3.8) is 0 Å². The lowest BCUT2D eigenvalue weighted by atomic mass is 10.1. The molecule has 4 aromatic heterocycles. The first-order valence-corrected chi connectivity index (χ1v) is 11.5. The average Bonchev–Trinajstić information content (AvgIpc) is 3.37. The third kappa shape index (κ3) is 3.21. The molecule has 0 amide bonds. The van der Waals surface area contributed by atoms with E-state index >= 15 is 0 Å². The van der Waals surface area contributed by atoms with E-state index in [4.69, 9.17) is 0 Å². The van der Waals surface area contributed by atoms with Gasteiger partial charge in [0.2, 0.25) is 0 Å². The summed E-state index contributed by atoms with van der Waals surface area (Å²) in [5, 5.41) is 5.67. The quantitative estimate of drug-likeness (QED) is 0.335. The van der Waals surface area contributed by atoms with Crippen LogP contribution in [0.1, 0.15) is 5.82 Å². The molecule has 0 bridgehead atoms. The molecule has 0 atom stereocenters. The van der Waals surface area contributed by atoms with E-state index in [0.717, 1.165) is 16.0 Å². The fourth-order valence-electron chi connectivity index (χ4n) is 3.13. The first-order valence-electron chi connectivity index (χ1n) is 8.74. The van der Waals surface area contributed by atoms with Crippen LogP contribution in [0.25, 0.3) is 31.6 Å². The molecule has 144 valence electrons. The smallest absolute Gasteiger partial charge is 0.262 e. The SMILES string of the molecule is Cn1c(SCc2nc3scc(-c4ccccc4)c3c(=O)[nH]2)nc2sccc2c1=O. The molecule has 0 aliphatic carbocycles. The Hall–Kier alpha value is -2.75. The number of aromatic amines is 1. The van der Waals surface area contributed by atoms with Gasteiger partial charge >= 0.3 is 0 Å². The number of nitrogens with one attached hydrogen (secondary N) is 1. The highest BCUT2D eigenvalue weighted by atomic mass is 32.2. The van der Waals surface area contributed by atoms with Crippen molar-refractivity contribution in [3.8, 4) is 11.1 Å². The van der Waals surface area contributed by atoms with Crippen LogP contribution in [0.15, 0.2) is 61.9 Å². The first kappa shape index (κ1) is 18.3. The van der Waals surface area contributed by atoms with Crippen LogP contribution in [0.2, 0.25) is 0 Å². The zero-order chi connectivity index (χ0) is 20.0. The largest absolute Gasteiger partial charge is 0.309 e. The Kier molecular flexibility index (Phi) is 4.57. The second-order valence-corrected chi connectivity index (χ2v) is 9.09. The first-order chi connectivity index (χ1) is 14.1. The van der Waals surface area contributed by atoms with Crippen molar-refractivity contribution in [2.24, 2.45) is 7.05 Å². The lowest BCUT2D eigenvalue weighted by Gasteiger charge is -2.07. The number of fused-ring (bicyclic) bond motifs is 2. The molecule has 1 N–H and O–H groups in total. The number of thioether (sulfide) groups is 1. The van der Waals surface area contributed by atoms with Crippen molar-refractivity contribution in [1.82, 2.24) is 19.5 Å². The number of aromatic nitrogens is 4. The number of H-pyrrole nitrogens is 1. The zero-order valence-corrected chi connectivity index (χ0v) is 17.7. The zero-order valence-electron chi connectivity index (χ0n) is 15.2. The minimum absolute atomic E-state index is 0.0681. The minimum Gasteiger partial charge on any atom is -0.309 e. The Morgan fingerprint density at radius 2 is 1.90 bits per heavy atom. The maximum absolute atomic E-state index is 12.8. The number of hydrogen-bond donors (Lipinski definition) is 1. The van der Waals surface area contributed by atoms with Crippen LogP contribution in [-0.2, 0) is 12.8 Å². The van der Waals surface area contributed by atoms with E-state index in [1.165, 1.54) is 39.0 Å². The van der Waals surface area contributed by atoms with Gasteiger partial charge in [0.05, 0.1) is 16.5 Å². The molecule has 0 saturated heterocycles. The van der Waals surface area contributed by atoms with Gasteiger partial charge in [0.1, 0.15) is 15.5 Å². The van der Waals surface area contributed by atoms with Crippen LogP contribution in [-0.4, -0.2) is 19.5 Å². The number of rotatable bonds is 4. The molecule has 0 aliphatic heterocycles. The van der Waals surface area contributed by atoms with Crippen LogP contribution in [0.3, 0.4) is 0 Å². The molecule has 0 unspecified atom stereocenters. The van der Waals surface area contributed by atoms with Crippen LogP contribution >= 0.6 is 34.4 Å². The van der Waals surface area contributed by atoms with Crippen molar-refractivity contribution < 1.29 is 0 Å². The molecule has 29 heavy (non-hydrogen) atoms. The van der Waals surface area contributed by atoms with E-state index < -0.39 is 0 Å². The van der Waals surface area contributed by atoms with Gasteiger partial charge in [0.25, 0.3) is 11.1 Å². The molecule has 9 heteroatoms. The Bertz CT molecular complexity index is 1460. The fraction of sp³-hybridized carbons (Fsp3) is 0.100. The Balaban J connectivity index is 1.49. The monoisotopic (exact) mass is 438 g/mol. The van der Waals surface area contributed by atoms with E-state index in [2.05, 4.69) is 15.0 Å². The summed E-state index contributed by atoms with van der Waals surface area (Å²) in [6.07, 6.45) is 0. The van der Waals surface area contributed by atoms with Crippen molar-refractivity contribution >= 4 is 54.9 Å². The maximum atomic E-state index is 12.8. The highest BCUT2D eigenvalue weighted by molar-refractivity contribution is 7.98. The van der Waals surface area contributed by atoms with E-state index in [1.54, 1.807) is 13.1 Å². The molecule has 1 aromatic carbocycles. The molecular formula is C20H14N4O2S3. The van der Waals surface area contributed by atoms with Gasteiger partial charge in [-0.2, -0.15) is 0 Å². The minimum atomic E-state index is -0.152. The molecule has 0 spiro atoms. The Labute approximate surface area is 176 Å². The molecule has 4 heterocycles. The van der Waals surface area contributed by atoms with E-state index in [0.29, 0.717) is 32.3 Å². The van der Waals surface area contributed by atoms with Crippen molar-refractivity contribution in [1.29, 1.82) is 0 Å². The predicted octanol–water partition coefficient (Wildman–Crippen LogP) is 4.25. The Morgan fingerprint density at radius 3 is 2.72 bits per heavy atom. The van der Waals surface area contributed by atoms with Crippen LogP contribution in [0, 0.1) is 0 Å². The summed E-state index contributed by atoms with van der Waals surface area (Å²) >= 11 is 4.28. The summed E-state index contributed by atoms with van der Waals surface area (Å²) in [4.78, 5) is 38.7. The number of nitrogens with zero attached hydrogens (tertiary/aromatic N) is 3. The highest BCUT2D eigenvalue weighted by Gasteiger charge is 2.14. The molecule has 0 radical (unpaired) electrons. The van der Waals surface area contributed by atoms with Crippen LogP contribution < -0.4 is 11.1 Å². The molecule has 0 fully saturated rings. The molecule has 0 aliphatic rings. The normalized spacial score (nSPS) is 11.5. The highest BCUT2D eigenvalue weighted by Crippen LogP contribution is 2.31. The number of thiophene rings is 2. The second-order valence-electron chi connectivity index (χ2n) is 6.39. The fourth-order valence-corrected chi connectivity index (χ4v) is 5.75. The Morgan fingerprint density at radius 1 is 1.07 bits per heavy atom. The number of hydrogen-bond acceptors (Lipinski definition) is 7. The van der Waals surface area contributed by atoms with Crippen molar-refractivity contribution in [3.05, 3.63) is 73.7 Å². The predicted molar refractivity (Wildman–Crippen MR) is 120 cm³/mol. The van der Waals surface area contributed by atoms with Gasteiger partial charge in [-0.25, -0.2) is 9.97 Å². The van der Waals surface area contributed by atoms with E-state index in [9.17, 15) is 9.59 Å². The maximum Gasteiger partial charge on any atom is 0.262 e. The third-order valence-corrected chi connectivity index (χ3v) is 7.30. The van der Waals surface area contributed by atoms with E-state index in [1.807, 2.05) is 41.1 Å². The van der Waals surface area contributed by atoms with E-state index in [-0.39, 0.29) is 11.1 Å². The van der Waals surface area contributed by atoms with Crippen LogP contribution in [0.5, 0.6) is 0 Å². The van der Waals surface area contributed by atoms with Gasteiger partial charge in [0, 0.05) is 18.0 Å². The summed E-state index contributed by atoms with van der Waals surface area (Å²) in [6.45, 7) is 0.